The Kier molecular flexibility index (Phi) is 4.62. The zero-order valence-electron chi connectivity index (χ0n) is 12.6. The van der Waals surface area contributed by atoms with E-state index in [0.717, 1.165) is 17.9 Å². The van der Waals surface area contributed by atoms with Crippen molar-refractivity contribution in [3.8, 4) is 5.75 Å². The second kappa shape index (κ2) is 6.24. The normalized spacial score (nSPS) is 20.6. The van der Waals surface area contributed by atoms with Gasteiger partial charge in [0.2, 0.25) is 5.91 Å². The summed E-state index contributed by atoms with van der Waals surface area (Å²) in [5.74, 6) is 0.942. The van der Waals surface area contributed by atoms with Crippen LogP contribution in [0.25, 0.3) is 0 Å². The van der Waals surface area contributed by atoms with Gasteiger partial charge in [-0.2, -0.15) is 0 Å². The topological polar surface area (TPSA) is 44.8 Å². The van der Waals surface area contributed by atoms with Crippen LogP contribution in [0.4, 0.5) is 0 Å². The van der Waals surface area contributed by atoms with Crippen LogP contribution in [0.1, 0.15) is 18.7 Å². The van der Waals surface area contributed by atoms with E-state index in [-0.39, 0.29) is 18.1 Å². The first-order valence-electron chi connectivity index (χ1n) is 6.86. The van der Waals surface area contributed by atoms with E-state index in [9.17, 15) is 4.79 Å². The number of benzene rings is 1. The maximum Gasteiger partial charge on any atom is 0.238 e. The number of likely N-dealkylation sites (N-methyl/N-ethyl adjacent to an activating group) is 1. The van der Waals surface area contributed by atoms with E-state index in [4.69, 9.17) is 4.74 Å². The van der Waals surface area contributed by atoms with Crippen molar-refractivity contribution in [1.82, 2.24) is 15.1 Å². The van der Waals surface area contributed by atoms with Crippen LogP contribution in [-0.2, 0) is 4.79 Å². The number of nitrogens with one attached hydrogen (secondary N) is 1. The lowest BCUT2D eigenvalue weighted by atomic mass is 10.1. The highest BCUT2D eigenvalue weighted by Crippen LogP contribution is 2.31. The van der Waals surface area contributed by atoms with E-state index in [1.807, 2.05) is 43.3 Å². The number of hydrogen-bond acceptors (Lipinski definition) is 4. The molecule has 0 aromatic heterocycles. The van der Waals surface area contributed by atoms with Gasteiger partial charge in [-0.25, -0.2) is 0 Å². The number of nitrogens with zero attached hydrogens (tertiary/aromatic N) is 2. The first-order valence-corrected chi connectivity index (χ1v) is 6.86. The minimum Gasteiger partial charge on any atom is -0.496 e. The SMILES string of the molecule is COc1ccccc1C1NCC(=O)N1C(C)CN(C)C. The number of carbonyl (C=O) groups excluding carboxylic acids is 1. The van der Waals surface area contributed by atoms with Crippen molar-refractivity contribution in [3.05, 3.63) is 29.8 Å². The van der Waals surface area contributed by atoms with Crippen LogP contribution >= 0.6 is 0 Å². The lowest BCUT2D eigenvalue weighted by Gasteiger charge is -2.32. The molecule has 1 aromatic rings. The summed E-state index contributed by atoms with van der Waals surface area (Å²) in [6.07, 6.45) is -0.117. The van der Waals surface area contributed by atoms with Crippen molar-refractivity contribution >= 4 is 5.91 Å². The predicted octanol–water partition coefficient (Wildman–Crippen LogP) is 1.08. The third kappa shape index (κ3) is 2.94. The van der Waals surface area contributed by atoms with Crippen molar-refractivity contribution in [1.29, 1.82) is 0 Å². The molecule has 1 amide bonds. The summed E-state index contributed by atoms with van der Waals surface area (Å²) >= 11 is 0. The highest BCUT2D eigenvalue weighted by atomic mass is 16.5. The molecule has 2 rings (SSSR count). The Labute approximate surface area is 120 Å². The molecule has 1 fully saturated rings. The van der Waals surface area contributed by atoms with Crippen LogP contribution in [0.3, 0.4) is 0 Å². The second-order valence-electron chi connectivity index (χ2n) is 5.44. The minimum absolute atomic E-state index is 0.117. The van der Waals surface area contributed by atoms with Gasteiger partial charge in [0, 0.05) is 18.2 Å². The first-order chi connectivity index (χ1) is 9.54. The largest absolute Gasteiger partial charge is 0.496 e. The van der Waals surface area contributed by atoms with Gasteiger partial charge in [0.15, 0.2) is 0 Å². The molecule has 1 aliphatic rings. The van der Waals surface area contributed by atoms with E-state index in [0.29, 0.717) is 6.54 Å². The van der Waals surface area contributed by atoms with Crippen molar-refractivity contribution in [3.63, 3.8) is 0 Å². The molecule has 5 nitrogen and oxygen atoms in total. The third-order valence-electron chi connectivity index (χ3n) is 3.55. The molecule has 2 unspecified atom stereocenters. The molecule has 110 valence electrons. The van der Waals surface area contributed by atoms with Gasteiger partial charge in [-0.15, -0.1) is 0 Å². The van der Waals surface area contributed by atoms with Gasteiger partial charge in [-0.1, -0.05) is 18.2 Å². The van der Waals surface area contributed by atoms with Crippen LogP contribution in [0.2, 0.25) is 0 Å². The Bertz CT molecular complexity index is 476. The number of rotatable bonds is 5. The van der Waals surface area contributed by atoms with Crippen molar-refractivity contribution in [2.24, 2.45) is 0 Å². The summed E-state index contributed by atoms with van der Waals surface area (Å²) in [4.78, 5) is 16.2. The number of carbonyl (C=O) groups is 1. The summed E-state index contributed by atoms with van der Waals surface area (Å²) in [6, 6.07) is 7.98. The van der Waals surface area contributed by atoms with Crippen LogP contribution < -0.4 is 10.1 Å². The lowest BCUT2D eigenvalue weighted by Crippen LogP contribution is -2.43. The third-order valence-corrected chi connectivity index (χ3v) is 3.55. The summed E-state index contributed by atoms with van der Waals surface area (Å²) in [7, 11) is 5.69. The highest BCUT2D eigenvalue weighted by molar-refractivity contribution is 5.81. The summed E-state index contributed by atoms with van der Waals surface area (Å²) in [6.45, 7) is 3.28. The number of para-hydroxylation sites is 1. The van der Waals surface area contributed by atoms with Crippen molar-refractivity contribution < 1.29 is 9.53 Å². The van der Waals surface area contributed by atoms with Crippen LogP contribution in [0.5, 0.6) is 5.75 Å². The fraction of sp³-hybridized carbons (Fsp3) is 0.533. The first kappa shape index (κ1) is 14.8. The van der Waals surface area contributed by atoms with E-state index < -0.39 is 0 Å². The molecule has 1 aromatic carbocycles. The molecule has 5 heteroatoms. The molecule has 1 N–H and O–H groups in total. The Morgan fingerprint density at radius 1 is 1.45 bits per heavy atom. The van der Waals surface area contributed by atoms with E-state index in [1.54, 1.807) is 7.11 Å². The smallest absolute Gasteiger partial charge is 0.238 e. The molecule has 1 saturated heterocycles. The Morgan fingerprint density at radius 3 is 2.80 bits per heavy atom. The van der Waals surface area contributed by atoms with E-state index in [2.05, 4.69) is 17.1 Å². The quantitative estimate of drug-likeness (QED) is 0.874. The molecule has 0 saturated carbocycles. The van der Waals surface area contributed by atoms with Crippen LogP contribution in [-0.4, -0.2) is 56.0 Å². The van der Waals surface area contributed by atoms with Gasteiger partial charge in [0.1, 0.15) is 11.9 Å². The van der Waals surface area contributed by atoms with Gasteiger partial charge in [-0.3, -0.25) is 10.1 Å². The van der Waals surface area contributed by atoms with E-state index in [1.165, 1.54) is 0 Å². The molecule has 0 spiro atoms. The Hall–Kier alpha value is -1.59. The molecular weight excluding hydrogens is 254 g/mol. The average Bonchev–Trinajstić information content (AvgIpc) is 2.79. The zero-order chi connectivity index (χ0) is 14.7. The van der Waals surface area contributed by atoms with Gasteiger partial charge in [-0.05, 0) is 27.1 Å². The molecule has 0 radical (unpaired) electrons. The molecular formula is C15H23N3O2. The number of amides is 1. The fourth-order valence-corrected chi connectivity index (χ4v) is 2.79. The van der Waals surface area contributed by atoms with Crippen molar-refractivity contribution in [2.45, 2.75) is 19.1 Å². The molecule has 0 bridgehead atoms. The maximum atomic E-state index is 12.2. The second-order valence-corrected chi connectivity index (χ2v) is 5.44. The Balaban J connectivity index is 2.27. The van der Waals surface area contributed by atoms with Crippen LogP contribution in [0.15, 0.2) is 24.3 Å². The fourth-order valence-electron chi connectivity index (χ4n) is 2.79. The summed E-state index contributed by atoms with van der Waals surface area (Å²) in [5.41, 5.74) is 1.01. The monoisotopic (exact) mass is 277 g/mol. The Morgan fingerprint density at radius 2 is 2.15 bits per heavy atom. The van der Waals surface area contributed by atoms with E-state index >= 15 is 0 Å². The van der Waals surface area contributed by atoms with Gasteiger partial charge in [0.25, 0.3) is 0 Å². The summed E-state index contributed by atoms with van der Waals surface area (Å²) < 4.78 is 5.41. The standard InChI is InChI=1S/C15H23N3O2/c1-11(10-17(2)3)18-14(19)9-16-15(18)12-7-5-6-8-13(12)20-4/h5-8,11,15-16H,9-10H2,1-4H3. The van der Waals surface area contributed by atoms with Gasteiger partial charge < -0.3 is 14.5 Å². The number of ether oxygens (including phenoxy) is 1. The average molecular weight is 277 g/mol. The summed E-state index contributed by atoms with van der Waals surface area (Å²) in [5, 5.41) is 3.28. The lowest BCUT2D eigenvalue weighted by molar-refractivity contribution is -0.130. The predicted molar refractivity (Wildman–Crippen MR) is 78.6 cm³/mol. The molecule has 1 aliphatic heterocycles. The van der Waals surface area contributed by atoms with Gasteiger partial charge >= 0.3 is 0 Å². The van der Waals surface area contributed by atoms with Gasteiger partial charge in [0.05, 0.1) is 13.7 Å². The molecule has 0 aliphatic carbocycles. The van der Waals surface area contributed by atoms with Crippen LogP contribution in [0, 0.1) is 0 Å². The minimum atomic E-state index is -0.117. The molecule has 2 atom stereocenters. The number of methoxy groups -OCH3 is 1. The van der Waals surface area contributed by atoms with Crippen molar-refractivity contribution in [2.75, 3.05) is 34.3 Å². The highest BCUT2D eigenvalue weighted by Gasteiger charge is 2.36. The maximum absolute atomic E-state index is 12.2. The molecule has 20 heavy (non-hydrogen) atoms. The zero-order valence-corrected chi connectivity index (χ0v) is 12.6. The number of hydrogen-bond donors (Lipinski definition) is 1. The molecule has 1 heterocycles.